The minimum atomic E-state index is 0.112. The number of carbonyl (C=O) groups is 1. The van der Waals surface area contributed by atoms with Crippen LogP contribution in [0.2, 0.25) is 0 Å². The zero-order valence-corrected chi connectivity index (χ0v) is 19.5. The molecule has 3 nitrogen and oxygen atoms in total. The molecule has 1 amide bonds. The molecule has 4 heteroatoms. The normalized spacial score (nSPS) is 23.2. The van der Waals surface area contributed by atoms with Gasteiger partial charge in [-0.2, -0.15) is 5.26 Å². The second-order valence-electron chi connectivity index (χ2n) is 10.3. The van der Waals surface area contributed by atoms with Crippen LogP contribution in [0.4, 0.5) is 5.00 Å². The van der Waals surface area contributed by atoms with E-state index >= 15 is 0 Å². The van der Waals surface area contributed by atoms with Crippen molar-refractivity contribution in [2.24, 2.45) is 23.7 Å². The molecule has 1 aromatic rings. The van der Waals surface area contributed by atoms with Gasteiger partial charge in [-0.15, -0.1) is 11.3 Å². The first kappa shape index (κ1) is 21.9. The molecule has 30 heavy (non-hydrogen) atoms. The summed E-state index contributed by atoms with van der Waals surface area (Å²) in [6.45, 7) is 2.27. The molecule has 0 spiro atoms. The van der Waals surface area contributed by atoms with E-state index in [4.69, 9.17) is 0 Å². The zero-order chi connectivity index (χ0) is 20.9. The van der Waals surface area contributed by atoms with Crippen LogP contribution >= 0.6 is 11.3 Å². The van der Waals surface area contributed by atoms with Gasteiger partial charge in [0.05, 0.1) is 5.56 Å². The second-order valence-corrected chi connectivity index (χ2v) is 11.4. The van der Waals surface area contributed by atoms with Crippen molar-refractivity contribution in [3.8, 4) is 6.07 Å². The zero-order valence-electron chi connectivity index (χ0n) is 18.7. The van der Waals surface area contributed by atoms with Gasteiger partial charge in [-0.1, -0.05) is 71.1 Å². The standard InChI is InChI=1S/C26H38N2OS/c1-18-12-13-24-22(14-18)23(17-27)26(30-24)28-25(29)21(15-19-8-4-2-5-9-19)16-20-10-6-3-7-11-20/h18-21H,2-16H2,1H3,(H,28,29). The average Bonchev–Trinajstić information content (AvgIpc) is 3.10. The van der Waals surface area contributed by atoms with Gasteiger partial charge in [0.1, 0.15) is 11.1 Å². The van der Waals surface area contributed by atoms with E-state index in [1.165, 1.54) is 81.1 Å². The highest BCUT2D eigenvalue weighted by Crippen LogP contribution is 2.40. The number of fused-ring (bicyclic) bond motifs is 1. The molecular formula is C26H38N2OS. The molecule has 1 aromatic heterocycles. The maximum atomic E-state index is 13.5. The van der Waals surface area contributed by atoms with Crippen molar-refractivity contribution in [2.45, 2.75) is 103 Å². The molecule has 1 atom stereocenters. The molecule has 2 saturated carbocycles. The van der Waals surface area contributed by atoms with Crippen LogP contribution in [0.25, 0.3) is 0 Å². The predicted molar refractivity (Wildman–Crippen MR) is 125 cm³/mol. The first-order chi connectivity index (χ1) is 14.6. The van der Waals surface area contributed by atoms with E-state index in [9.17, 15) is 10.1 Å². The van der Waals surface area contributed by atoms with Gasteiger partial charge in [-0.05, 0) is 55.4 Å². The Balaban J connectivity index is 1.48. The summed E-state index contributed by atoms with van der Waals surface area (Å²) in [4.78, 5) is 14.8. The van der Waals surface area contributed by atoms with E-state index in [0.29, 0.717) is 17.8 Å². The van der Waals surface area contributed by atoms with Crippen LogP contribution in [0.1, 0.15) is 106 Å². The van der Waals surface area contributed by atoms with Gasteiger partial charge in [0.2, 0.25) is 5.91 Å². The summed E-state index contributed by atoms with van der Waals surface area (Å²) in [6.07, 6.45) is 18.6. The summed E-state index contributed by atoms with van der Waals surface area (Å²) in [5, 5.41) is 13.9. The molecule has 1 N–H and O–H groups in total. The van der Waals surface area contributed by atoms with Gasteiger partial charge in [0.15, 0.2) is 0 Å². The van der Waals surface area contributed by atoms with Crippen LogP contribution in [0, 0.1) is 35.0 Å². The molecule has 1 heterocycles. The lowest BCUT2D eigenvalue weighted by Gasteiger charge is -2.30. The Morgan fingerprint density at radius 3 is 2.20 bits per heavy atom. The number of carbonyl (C=O) groups excluding carboxylic acids is 1. The van der Waals surface area contributed by atoms with Gasteiger partial charge < -0.3 is 5.32 Å². The molecule has 3 aliphatic rings. The van der Waals surface area contributed by atoms with Crippen molar-refractivity contribution < 1.29 is 4.79 Å². The molecule has 0 saturated heterocycles. The van der Waals surface area contributed by atoms with Crippen molar-refractivity contribution >= 4 is 22.2 Å². The lowest BCUT2D eigenvalue weighted by atomic mass is 9.77. The number of nitrogens with zero attached hydrogens (tertiary/aromatic N) is 1. The monoisotopic (exact) mass is 426 g/mol. The van der Waals surface area contributed by atoms with E-state index in [1.807, 2.05) is 0 Å². The van der Waals surface area contributed by atoms with Crippen molar-refractivity contribution in [2.75, 3.05) is 5.32 Å². The minimum absolute atomic E-state index is 0.112. The van der Waals surface area contributed by atoms with Crippen LogP contribution < -0.4 is 5.32 Å². The van der Waals surface area contributed by atoms with Crippen LogP contribution in [-0.4, -0.2) is 5.91 Å². The molecule has 164 valence electrons. The van der Waals surface area contributed by atoms with E-state index in [1.54, 1.807) is 11.3 Å². The average molecular weight is 427 g/mol. The summed E-state index contributed by atoms with van der Waals surface area (Å²) in [5.41, 5.74) is 1.97. The Morgan fingerprint density at radius 2 is 1.63 bits per heavy atom. The molecule has 0 radical (unpaired) electrons. The fourth-order valence-corrected chi connectivity index (χ4v) is 7.34. The molecule has 0 aliphatic heterocycles. The third-order valence-electron chi connectivity index (χ3n) is 7.91. The van der Waals surface area contributed by atoms with E-state index in [-0.39, 0.29) is 11.8 Å². The van der Waals surface area contributed by atoms with Crippen molar-refractivity contribution in [1.82, 2.24) is 0 Å². The number of nitrogens with one attached hydrogen (secondary N) is 1. The molecule has 0 bridgehead atoms. The molecule has 0 aromatic carbocycles. The van der Waals surface area contributed by atoms with Crippen molar-refractivity contribution in [3.63, 3.8) is 0 Å². The topological polar surface area (TPSA) is 52.9 Å². The fourth-order valence-electron chi connectivity index (χ4n) is 6.14. The molecule has 3 aliphatic carbocycles. The quantitative estimate of drug-likeness (QED) is 0.521. The van der Waals surface area contributed by atoms with E-state index in [0.717, 1.165) is 36.2 Å². The van der Waals surface area contributed by atoms with Gasteiger partial charge in [0.25, 0.3) is 0 Å². The van der Waals surface area contributed by atoms with Crippen LogP contribution in [-0.2, 0) is 17.6 Å². The smallest absolute Gasteiger partial charge is 0.228 e. The fraction of sp³-hybridized carbons (Fsp3) is 0.769. The summed E-state index contributed by atoms with van der Waals surface area (Å²) in [6, 6.07) is 2.43. The van der Waals surface area contributed by atoms with Crippen molar-refractivity contribution in [3.05, 3.63) is 16.0 Å². The highest BCUT2D eigenvalue weighted by atomic mass is 32.1. The highest BCUT2D eigenvalue weighted by molar-refractivity contribution is 7.16. The second kappa shape index (κ2) is 10.3. The maximum absolute atomic E-state index is 13.5. The van der Waals surface area contributed by atoms with Crippen LogP contribution in [0.3, 0.4) is 0 Å². The lowest BCUT2D eigenvalue weighted by Crippen LogP contribution is -2.28. The molecular weight excluding hydrogens is 388 g/mol. The third kappa shape index (κ3) is 5.28. The maximum Gasteiger partial charge on any atom is 0.228 e. The van der Waals surface area contributed by atoms with Crippen LogP contribution in [0.5, 0.6) is 0 Å². The number of hydrogen-bond acceptors (Lipinski definition) is 3. The Kier molecular flexibility index (Phi) is 7.52. The Labute approximate surface area is 186 Å². The predicted octanol–water partition coefficient (Wildman–Crippen LogP) is 7.24. The number of thiophene rings is 1. The first-order valence-electron chi connectivity index (χ1n) is 12.5. The lowest BCUT2D eigenvalue weighted by molar-refractivity contribution is -0.121. The molecule has 2 fully saturated rings. The number of amides is 1. The summed E-state index contributed by atoms with van der Waals surface area (Å²) >= 11 is 1.67. The first-order valence-corrected chi connectivity index (χ1v) is 13.3. The highest BCUT2D eigenvalue weighted by Gasteiger charge is 2.30. The summed E-state index contributed by atoms with van der Waals surface area (Å²) < 4.78 is 0. The van der Waals surface area contributed by atoms with Gasteiger partial charge >= 0.3 is 0 Å². The number of nitriles is 1. The summed E-state index contributed by atoms with van der Waals surface area (Å²) in [7, 11) is 0. The van der Waals surface area contributed by atoms with Gasteiger partial charge in [-0.3, -0.25) is 4.79 Å². The SMILES string of the molecule is CC1CCc2sc(NC(=O)C(CC3CCCCC3)CC3CCCCC3)c(C#N)c2C1. The number of rotatable bonds is 6. The Morgan fingerprint density at radius 1 is 1.03 bits per heavy atom. The van der Waals surface area contributed by atoms with Gasteiger partial charge in [0, 0.05) is 10.8 Å². The number of aryl methyl sites for hydroxylation is 1. The number of hydrogen-bond donors (Lipinski definition) is 1. The minimum Gasteiger partial charge on any atom is -0.316 e. The molecule has 4 rings (SSSR count). The van der Waals surface area contributed by atoms with Gasteiger partial charge in [-0.25, -0.2) is 0 Å². The third-order valence-corrected chi connectivity index (χ3v) is 9.12. The number of anilines is 1. The summed E-state index contributed by atoms with van der Waals surface area (Å²) in [5.74, 6) is 2.36. The Hall–Kier alpha value is -1.34. The van der Waals surface area contributed by atoms with Crippen LogP contribution in [0.15, 0.2) is 0 Å². The Bertz CT molecular complexity index is 745. The van der Waals surface area contributed by atoms with E-state index < -0.39 is 0 Å². The van der Waals surface area contributed by atoms with E-state index in [2.05, 4.69) is 18.3 Å². The molecule has 1 unspecified atom stereocenters. The van der Waals surface area contributed by atoms with Crippen molar-refractivity contribution in [1.29, 1.82) is 5.26 Å². The largest absolute Gasteiger partial charge is 0.316 e.